The molecule has 1 aliphatic carbocycles. The van der Waals surface area contributed by atoms with E-state index in [-0.39, 0.29) is 18.2 Å². The maximum absolute atomic E-state index is 11.7. The van der Waals surface area contributed by atoms with Crippen molar-refractivity contribution < 1.29 is 9.90 Å². The van der Waals surface area contributed by atoms with Crippen LogP contribution in [-0.2, 0) is 0 Å². The minimum atomic E-state index is -0.180. The van der Waals surface area contributed by atoms with Crippen LogP contribution in [0.1, 0.15) is 32.1 Å². The summed E-state index contributed by atoms with van der Waals surface area (Å²) in [5.74, 6) is 1.000. The number of nitrogens with one attached hydrogen (secondary N) is 2. The van der Waals surface area contributed by atoms with Gasteiger partial charge < -0.3 is 15.7 Å². The van der Waals surface area contributed by atoms with Crippen molar-refractivity contribution in [2.75, 3.05) is 12.3 Å². The van der Waals surface area contributed by atoms with Crippen LogP contribution in [0, 0.1) is 0 Å². The molecule has 1 saturated carbocycles. The standard InChI is InChI=1S/C16H24N2O2S/c19-14-9-7-13(8-10-14)18-16(20)17-11-4-12-21-15-5-2-1-3-6-15/h1-3,5-6,13-14,19H,4,7-12H2,(H2,17,18,20). The van der Waals surface area contributed by atoms with Gasteiger partial charge in [-0.3, -0.25) is 0 Å². The van der Waals surface area contributed by atoms with E-state index in [2.05, 4.69) is 22.8 Å². The van der Waals surface area contributed by atoms with E-state index in [0.717, 1.165) is 37.9 Å². The Hall–Kier alpha value is -1.20. The molecule has 0 spiro atoms. The van der Waals surface area contributed by atoms with Crippen LogP contribution in [0.4, 0.5) is 4.79 Å². The van der Waals surface area contributed by atoms with Gasteiger partial charge in [0.2, 0.25) is 0 Å². The van der Waals surface area contributed by atoms with Gasteiger partial charge in [-0.15, -0.1) is 11.8 Å². The zero-order valence-electron chi connectivity index (χ0n) is 12.3. The van der Waals surface area contributed by atoms with Gasteiger partial charge in [0.05, 0.1) is 6.10 Å². The molecule has 1 fully saturated rings. The molecule has 5 heteroatoms. The number of aliphatic hydroxyl groups excluding tert-OH is 1. The van der Waals surface area contributed by atoms with Crippen molar-refractivity contribution in [2.45, 2.75) is 49.1 Å². The highest BCUT2D eigenvalue weighted by Crippen LogP contribution is 2.18. The summed E-state index contributed by atoms with van der Waals surface area (Å²) in [5.41, 5.74) is 0. The van der Waals surface area contributed by atoms with E-state index in [9.17, 15) is 9.90 Å². The first-order valence-electron chi connectivity index (χ1n) is 7.64. The Balaban J connectivity index is 1.51. The molecule has 1 aliphatic rings. The van der Waals surface area contributed by atoms with Crippen LogP contribution in [-0.4, -0.2) is 35.6 Å². The molecule has 1 aromatic carbocycles. The predicted octanol–water partition coefficient (Wildman–Crippen LogP) is 2.77. The largest absolute Gasteiger partial charge is 0.393 e. The van der Waals surface area contributed by atoms with E-state index < -0.39 is 0 Å². The Labute approximate surface area is 130 Å². The maximum atomic E-state index is 11.7. The van der Waals surface area contributed by atoms with E-state index in [4.69, 9.17) is 0 Å². The third-order valence-electron chi connectivity index (χ3n) is 3.65. The molecule has 0 heterocycles. The lowest BCUT2D eigenvalue weighted by molar-refractivity contribution is 0.117. The van der Waals surface area contributed by atoms with Crippen molar-refractivity contribution in [1.82, 2.24) is 10.6 Å². The highest BCUT2D eigenvalue weighted by atomic mass is 32.2. The molecule has 1 aromatic rings. The van der Waals surface area contributed by atoms with Crippen molar-refractivity contribution in [1.29, 1.82) is 0 Å². The van der Waals surface area contributed by atoms with Gasteiger partial charge in [-0.05, 0) is 50.0 Å². The first kappa shape index (κ1) is 16.2. The Bertz CT molecular complexity index is 420. The Morgan fingerprint density at radius 2 is 1.90 bits per heavy atom. The Morgan fingerprint density at radius 1 is 1.19 bits per heavy atom. The summed E-state index contributed by atoms with van der Waals surface area (Å²) >= 11 is 1.81. The smallest absolute Gasteiger partial charge is 0.315 e. The lowest BCUT2D eigenvalue weighted by atomic mass is 9.93. The van der Waals surface area contributed by atoms with Crippen LogP contribution in [0.3, 0.4) is 0 Å². The zero-order chi connectivity index (χ0) is 14.9. The number of carbonyl (C=O) groups excluding carboxylic acids is 1. The van der Waals surface area contributed by atoms with E-state index in [0.29, 0.717) is 6.54 Å². The third kappa shape index (κ3) is 6.40. The summed E-state index contributed by atoms with van der Waals surface area (Å²) in [5, 5.41) is 15.3. The van der Waals surface area contributed by atoms with Crippen LogP contribution in [0.25, 0.3) is 0 Å². The fraction of sp³-hybridized carbons (Fsp3) is 0.562. The second-order valence-corrected chi connectivity index (χ2v) is 6.59. The van der Waals surface area contributed by atoms with Crippen LogP contribution in [0.15, 0.2) is 35.2 Å². The average Bonchev–Trinajstić information content (AvgIpc) is 2.50. The number of rotatable bonds is 6. The molecule has 3 N–H and O–H groups in total. The summed E-state index contributed by atoms with van der Waals surface area (Å²) in [4.78, 5) is 13.0. The third-order valence-corrected chi connectivity index (χ3v) is 4.75. The predicted molar refractivity (Wildman–Crippen MR) is 86.6 cm³/mol. The van der Waals surface area contributed by atoms with Gasteiger partial charge >= 0.3 is 6.03 Å². The molecule has 0 unspecified atom stereocenters. The van der Waals surface area contributed by atoms with Crippen LogP contribution >= 0.6 is 11.8 Å². The molecule has 0 aromatic heterocycles. The monoisotopic (exact) mass is 308 g/mol. The first-order chi connectivity index (χ1) is 10.2. The van der Waals surface area contributed by atoms with E-state index in [1.165, 1.54) is 4.90 Å². The van der Waals surface area contributed by atoms with Gasteiger partial charge in [0.1, 0.15) is 0 Å². The normalized spacial score (nSPS) is 21.8. The second-order valence-electron chi connectivity index (χ2n) is 5.42. The molecule has 0 aliphatic heterocycles. The molecule has 2 amide bonds. The van der Waals surface area contributed by atoms with Gasteiger partial charge in [0.25, 0.3) is 0 Å². The number of urea groups is 1. The fourth-order valence-electron chi connectivity index (χ4n) is 2.44. The molecule has 2 rings (SSSR count). The molecule has 0 saturated heterocycles. The van der Waals surface area contributed by atoms with Crippen LogP contribution in [0.2, 0.25) is 0 Å². The van der Waals surface area contributed by atoms with Crippen molar-refractivity contribution in [2.24, 2.45) is 0 Å². The highest BCUT2D eigenvalue weighted by Gasteiger charge is 2.20. The maximum Gasteiger partial charge on any atom is 0.315 e. The number of benzene rings is 1. The fourth-order valence-corrected chi connectivity index (χ4v) is 3.31. The summed E-state index contributed by atoms with van der Waals surface area (Å²) in [7, 11) is 0. The molecule has 0 bridgehead atoms. The second kappa shape index (κ2) is 8.95. The minimum Gasteiger partial charge on any atom is -0.393 e. The van der Waals surface area contributed by atoms with Gasteiger partial charge in [-0.2, -0.15) is 0 Å². The molecular weight excluding hydrogens is 284 g/mol. The first-order valence-corrected chi connectivity index (χ1v) is 8.63. The van der Waals surface area contributed by atoms with Crippen molar-refractivity contribution >= 4 is 17.8 Å². The zero-order valence-corrected chi connectivity index (χ0v) is 13.1. The van der Waals surface area contributed by atoms with Crippen molar-refractivity contribution in [3.05, 3.63) is 30.3 Å². The van der Waals surface area contributed by atoms with Crippen LogP contribution < -0.4 is 10.6 Å². The number of aliphatic hydroxyl groups is 1. The van der Waals surface area contributed by atoms with Gasteiger partial charge in [-0.1, -0.05) is 18.2 Å². The number of thioether (sulfide) groups is 1. The number of hydrogen-bond donors (Lipinski definition) is 3. The lowest BCUT2D eigenvalue weighted by Gasteiger charge is -2.26. The number of carbonyl (C=O) groups is 1. The molecule has 116 valence electrons. The summed E-state index contributed by atoms with van der Waals surface area (Å²) in [6, 6.07) is 10.4. The summed E-state index contributed by atoms with van der Waals surface area (Å²) in [6.07, 6.45) is 4.10. The van der Waals surface area contributed by atoms with E-state index in [1.807, 2.05) is 30.0 Å². The lowest BCUT2D eigenvalue weighted by Crippen LogP contribution is -2.44. The van der Waals surface area contributed by atoms with Gasteiger partial charge in [0.15, 0.2) is 0 Å². The molecule has 0 radical (unpaired) electrons. The average molecular weight is 308 g/mol. The van der Waals surface area contributed by atoms with Crippen LogP contribution in [0.5, 0.6) is 0 Å². The molecule has 0 atom stereocenters. The van der Waals surface area contributed by atoms with Crippen molar-refractivity contribution in [3.63, 3.8) is 0 Å². The summed E-state index contributed by atoms with van der Waals surface area (Å²) in [6.45, 7) is 0.695. The minimum absolute atomic E-state index is 0.0823. The number of hydrogen-bond acceptors (Lipinski definition) is 3. The van der Waals surface area contributed by atoms with E-state index in [1.54, 1.807) is 0 Å². The highest BCUT2D eigenvalue weighted by molar-refractivity contribution is 7.99. The number of amides is 2. The Morgan fingerprint density at radius 3 is 2.62 bits per heavy atom. The van der Waals surface area contributed by atoms with Gasteiger partial charge in [0, 0.05) is 17.5 Å². The topological polar surface area (TPSA) is 61.4 Å². The van der Waals surface area contributed by atoms with E-state index >= 15 is 0 Å². The molecule has 21 heavy (non-hydrogen) atoms. The Kier molecular flexibility index (Phi) is 6.89. The quantitative estimate of drug-likeness (QED) is 0.559. The molecule has 4 nitrogen and oxygen atoms in total. The molecular formula is C16H24N2O2S. The summed E-state index contributed by atoms with van der Waals surface area (Å²) < 4.78 is 0. The SMILES string of the molecule is O=C(NCCCSc1ccccc1)NC1CCC(O)CC1. The van der Waals surface area contributed by atoms with Gasteiger partial charge in [-0.25, -0.2) is 4.79 Å². The van der Waals surface area contributed by atoms with Crippen molar-refractivity contribution in [3.8, 4) is 0 Å².